The molecule has 528 valence electrons. The maximum absolute atomic E-state index is 12.8. The van der Waals surface area contributed by atoms with Gasteiger partial charge in [0, 0.05) is 19.3 Å². The molecule has 91 heavy (non-hydrogen) atoms. The minimum Gasteiger partial charge on any atom is -0.463 e. The number of allylic oxidation sites excluding steroid dienone is 14. The van der Waals surface area contributed by atoms with E-state index in [2.05, 4.69) is 106 Å². The Kier molecular flexibility index (Phi) is 64.3. The maximum atomic E-state index is 12.8. The predicted molar refractivity (Wildman–Crippen MR) is 371 cm³/mol. The lowest BCUT2D eigenvalue weighted by Gasteiger charge is -2.21. The van der Waals surface area contributed by atoms with Gasteiger partial charge in [-0.05, 0) is 109 Å². The number of aliphatic hydroxyl groups is 2. The van der Waals surface area contributed by atoms with Crippen LogP contribution in [-0.2, 0) is 55.8 Å². The largest absolute Gasteiger partial charge is 0.472 e. The highest BCUT2D eigenvalue weighted by Gasteiger charge is 2.29. The minimum absolute atomic E-state index is 0.0922. The summed E-state index contributed by atoms with van der Waals surface area (Å²) < 4.78 is 60.8. The molecule has 0 saturated heterocycles. The van der Waals surface area contributed by atoms with E-state index in [0.29, 0.717) is 19.3 Å². The first-order valence-corrected chi connectivity index (χ1v) is 38.9. The Labute approximate surface area is 553 Å². The van der Waals surface area contributed by atoms with Crippen LogP contribution in [0.3, 0.4) is 0 Å². The molecule has 0 saturated carbocycles. The number of rotatable bonds is 68. The van der Waals surface area contributed by atoms with Crippen LogP contribution in [0.4, 0.5) is 0 Å². The zero-order valence-corrected chi connectivity index (χ0v) is 59.0. The molecular formula is C73H130O16P2. The van der Waals surface area contributed by atoms with Crippen molar-refractivity contribution in [2.75, 3.05) is 39.6 Å². The molecule has 0 aromatic carbocycles. The van der Waals surface area contributed by atoms with Gasteiger partial charge < -0.3 is 34.2 Å². The zero-order valence-electron chi connectivity index (χ0n) is 57.3. The third-order valence-electron chi connectivity index (χ3n) is 15.0. The number of ether oxygens (including phenoxy) is 3. The van der Waals surface area contributed by atoms with E-state index in [-0.39, 0.29) is 19.3 Å². The number of unbranched alkanes of at least 4 members (excludes halogenated alkanes) is 31. The molecule has 0 fully saturated rings. The van der Waals surface area contributed by atoms with Gasteiger partial charge in [-0.3, -0.25) is 32.5 Å². The summed E-state index contributed by atoms with van der Waals surface area (Å²) in [5.74, 6) is -1.60. The van der Waals surface area contributed by atoms with E-state index >= 15 is 0 Å². The summed E-state index contributed by atoms with van der Waals surface area (Å²) >= 11 is 0. The molecule has 4 N–H and O–H groups in total. The summed E-state index contributed by atoms with van der Waals surface area (Å²) in [4.78, 5) is 58.2. The lowest BCUT2D eigenvalue weighted by atomic mass is 10.0. The highest BCUT2D eigenvalue weighted by atomic mass is 31.2. The average Bonchev–Trinajstić information content (AvgIpc) is 3.64. The van der Waals surface area contributed by atoms with E-state index in [0.717, 1.165) is 128 Å². The number of aliphatic hydroxyl groups excluding tert-OH is 2. The number of hydrogen-bond acceptors (Lipinski definition) is 14. The van der Waals surface area contributed by atoms with Crippen molar-refractivity contribution in [1.82, 2.24) is 0 Å². The van der Waals surface area contributed by atoms with Crippen molar-refractivity contribution >= 4 is 33.6 Å². The fraction of sp³-hybridized carbons (Fsp3) is 0.767. The molecule has 0 rings (SSSR count). The number of carbonyl (C=O) groups is 3. The van der Waals surface area contributed by atoms with Crippen molar-refractivity contribution in [3.63, 3.8) is 0 Å². The van der Waals surface area contributed by atoms with Crippen LogP contribution >= 0.6 is 15.6 Å². The number of phosphoric acid groups is 2. The lowest BCUT2D eigenvalue weighted by molar-refractivity contribution is -0.161. The maximum Gasteiger partial charge on any atom is 0.472 e. The van der Waals surface area contributed by atoms with E-state index in [9.17, 15) is 43.5 Å². The molecule has 5 unspecified atom stereocenters. The molecule has 0 aromatic heterocycles. The molecule has 0 amide bonds. The molecule has 0 bridgehead atoms. The molecule has 5 atom stereocenters. The summed E-state index contributed by atoms with van der Waals surface area (Å²) in [5.41, 5.74) is 0. The zero-order chi connectivity index (χ0) is 66.7. The highest BCUT2D eigenvalue weighted by molar-refractivity contribution is 7.47. The van der Waals surface area contributed by atoms with Crippen molar-refractivity contribution in [1.29, 1.82) is 0 Å². The molecule has 0 aliphatic heterocycles. The molecule has 0 radical (unpaired) electrons. The Morgan fingerprint density at radius 3 is 0.956 bits per heavy atom. The van der Waals surface area contributed by atoms with Crippen LogP contribution in [-0.4, -0.2) is 95.9 Å². The van der Waals surface area contributed by atoms with E-state index in [4.69, 9.17) is 32.3 Å². The van der Waals surface area contributed by atoms with Crippen LogP contribution in [0.25, 0.3) is 0 Å². The highest BCUT2D eigenvalue weighted by Crippen LogP contribution is 2.45. The quantitative estimate of drug-likeness (QED) is 0.0146. The van der Waals surface area contributed by atoms with Crippen molar-refractivity contribution in [3.8, 4) is 0 Å². The third kappa shape index (κ3) is 67.9. The second-order valence-corrected chi connectivity index (χ2v) is 26.9. The first kappa shape index (κ1) is 87.7. The lowest BCUT2D eigenvalue weighted by Crippen LogP contribution is -2.30. The average molecular weight is 1330 g/mol. The molecule has 0 aliphatic carbocycles. The van der Waals surface area contributed by atoms with Crippen LogP contribution in [0.15, 0.2) is 85.1 Å². The number of carbonyl (C=O) groups excluding carboxylic acids is 3. The number of hydrogen-bond donors (Lipinski definition) is 4. The van der Waals surface area contributed by atoms with Crippen LogP contribution in [0.2, 0.25) is 0 Å². The van der Waals surface area contributed by atoms with Gasteiger partial charge in [0.05, 0.1) is 26.4 Å². The molecule has 0 aliphatic rings. The Balaban J connectivity index is 4.33. The Morgan fingerprint density at radius 1 is 0.308 bits per heavy atom. The van der Waals surface area contributed by atoms with Gasteiger partial charge in [0.15, 0.2) is 6.10 Å². The smallest absolute Gasteiger partial charge is 0.463 e. The summed E-state index contributed by atoms with van der Waals surface area (Å²) in [6, 6.07) is 0. The normalized spacial score (nSPS) is 14.7. The van der Waals surface area contributed by atoms with Crippen molar-refractivity contribution in [2.45, 2.75) is 322 Å². The second kappa shape index (κ2) is 66.7. The van der Waals surface area contributed by atoms with Gasteiger partial charge in [-0.2, -0.15) is 0 Å². The van der Waals surface area contributed by atoms with Gasteiger partial charge in [-0.25, -0.2) is 9.13 Å². The van der Waals surface area contributed by atoms with Gasteiger partial charge in [0.1, 0.15) is 25.4 Å². The van der Waals surface area contributed by atoms with E-state index in [1.807, 2.05) is 0 Å². The first-order chi connectivity index (χ1) is 44.2. The summed E-state index contributed by atoms with van der Waals surface area (Å²) in [6.07, 6.45) is 72.4. The van der Waals surface area contributed by atoms with E-state index in [1.165, 1.54) is 116 Å². The Morgan fingerprint density at radius 2 is 0.582 bits per heavy atom. The molecule has 0 spiro atoms. The third-order valence-corrected chi connectivity index (χ3v) is 16.9. The van der Waals surface area contributed by atoms with Crippen molar-refractivity contribution < 1.29 is 75.8 Å². The minimum atomic E-state index is -4.92. The van der Waals surface area contributed by atoms with Crippen LogP contribution in [0, 0.1) is 0 Å². The van der Waals surface area contributed by atoms with Crippen molar-refractivity contribution in [3.05, 3.63) is 85.1 Å². The van der Waals surface area contributed by atoms with Gasteiger partial charge in [0.2, 0.25) is 0 Å². The van der Waals surface area contributed by atoms with Crippen molar-refractivity contribution in [2.24, 2.45) is 0 Å². The van der Waals surface area contributed by atoms with Gasteiger partial charge in [-0.1, -0.05) is 260 Å². The fourth-order valence-corrected chi connectivity index (χ4v) is 11.1. The summed E-state index contributed by atoms with van der Waals surface area (Å²) in [7, 11) is -9.77. The Bertz CT molecular complexity index is 2000. The first-order valence-electron chi connectivity index (χ1n) is 35.9. The SMILES string of the molecule is CCC/C=C\C/C=C\CCCCCCCC(=O)OCC(COP(=O)(O)OCC(O)COP(=O)(O)OCC(O)COC(=O)CCCCCCCCCCCCCCCCC/C=C\C/C=C\C/C=C\C/C=C\CCCCC)OC(=O)CCCCCCC/C=C\CCCC. The Hall–Kier alpha value is -3.27. The monoisotopic (exact) mass is 1320 g/mol. The molecular weight excluding hydrogens is 1190 g/mol. The second-order valence-electron chi connectivity index (χ2n) is 24.0. The van der Waals surface area contributed by atoms with Crippen LogP contribution < -0.4 is 0 Å². The van der Waals surface area contributed by atoms with Gasteiger partial charge in [-0.15, -0.1) is 0 Å². The van der Waals surface area contributed by atoms with Gasteiger partial charge in [0.25, 0.3) is 0 Å². The van der Waals surface area contributed by atoms with Gasteiger partial charge >= 0.3 is 33.6 Å². The number of esters is 3. The van der Waals surface area contributed by atoms with E-state index < -0.39 is 91.5 Å². The summed E-state index contributed by atoms with van der Waals surface area (Å²) in [6.45, 7) is 2.52. The molecule has 18 heteroatoms. The number of phosphoric ester groups is 2. The molecule has 0 heterocycles. The summed E-state index contributed by atoms with van der Waals surface area (Å²) in [5, 5.41) is 20.5. The van der Waals surface area contributed by atoms with Crippen LogP contribution in [0.1, 0.15) is 303 Å². The molecule has 16 nitrogen and oxygen atoms in total. The van der Waals surface area contributed by atoms with E-state index in [1.54, 1.807) is 0 Å². The fourth-order valence-electron chi connectivity index (χ4n) is 9.51. The van der Waals surface area contributed by atoms with Crippen LogP contribution in [0.5, 0.6) is 0 Å². The molecule has 0 aromatic rings. The topological polar surface area (TPSA) is 231 Å². The standard InChI is InChI=1S/C73H130O16P2/c1-4-7-10-13-16-19-22-24-25-26-27-28-29-30-31-32-33-34-35-36-37-38-39-40-41-43-46-47-50-53-56-59-71(76)83-62-68(74)63-85-90(79,80)86-64-69(75)65-87-91(81,82)88-67-70(89-73(78)61-58-55-52-49-44-21-18-15-12-9-6-3)66-84-72(77)60-57-54-51-48-45-42-23-20-17-14-11-8-5-2/h11,14-16,18-20,23-25,27-28,30-31,68-70,74-75H,4-10,12-13,17,21-22,26,29,32-67H2,1-3H3,(H,79,80)(H,81,82)/b14-11-,18-15-,19-16-,23-20-,25-24-,28-27-,31-30-. The predicted octanol–water partition coefficient (Wildman–Crippen LogP) is 20.1.